The van der Waals surface area contributed by atoms with E-state index in [4.69, 9.17) is 4.42 Å². The molecule has 0 aliphatic rings. The van der Waals surface area contributed by atoms with Crippen LogP contribution in [0.4, 0.5) is 5.69 Å². The molecule has 0 atom stereocenters. The molecule has 10 heteroatoms. The van der Waals surface area contributed by atoms with Gasteiger partial charge >= 0.3 is 5.76 Å². The first-order valence-corrected chi connectivity index (χ1v) is 10.1. The zero-order valence-corrected chi connectivity index (χ0v) is 15.7. The minimum atomic E-state index is -3.81. The fraction of sp³-hybridized carbons (Fsp3) is 0.0588. The molecule has 2 N–H and O–H groups in total. The normalized spacial score (nSPS) is 11.7. The first-order valence-electron chi connectivity index (χ1n) is 7.82. The van der Waals surface area contributed by atoms with E-state index in [2.05, 4.69) is 14.7 Å². The average molecular weight is 402 g/mol. The van der Waals surface area contributed by atoms with E-state index < -0.39 is 15.8 Å². The van der Waals surface area contributed by atoms with Crippen molar-refractivity contribution < 1.29 is 12.8 Å². The lowest BCUT2D eigenvalue weighted by Gasteiger charge is -2.09. The Morgan fingerprint density at radius 3 is 2.67 bits per heavy atom. The highest BCUT2D eigenvalue weighted by Gasteiger charge is 2.16. The zero-order valence-electron chi connectivity index (χ0n) is 14.0. The van der Waals surface area contributed by atoms with Gasteiger partial charge in [-0.15, -0.1) is 0 Å². The van der Waals surface area contributed by atoms with Crippen LogP contribution in [0.1, 0.15) is 0 Å². The van der Waals surface area contributed by atoms with Crippen LogP contribution in [0.15, 0.2) is 79.0 Å². The Balaban J connectivity index is 1.54. The standard InChI is InChI=1S/C17H14N4O4S2/c1-21-9-8-18-16(21)26-12-4-2-11(3-5-12)20-27(23,24)13-6-7-14-15(10-13)25-17(22)19-14/h2-10,20H,1H3,(H,19,22). The summed E-state index contributed by atoms with van der Waals surface area (Å²) in [4.78, 5) is 18.9. The highest BCUT2D eigenvalue weighted by atomic mass is 32.2. The van der Waals surface area contributed by atoms with Crippen molar-refractivity contribution in [2.75, 3.05) is 4.72 Å². The summed E-state index contributed by atoms with van der Waals surface area (Å²) >= 11 is 1.48. The van der Waals surface area contributed by atoms with E-state index in [0.717, 1.165) is 10.1 Å². The highest BCUT2D eigenvalue weighted by Crippen LogP contribution is 2.27. The molecule has 2 aromatic carbocycles. The van der Waals surface area contributed by atoms with E-state index >= 15 is 0 Å². The first-order chi connectivity index (χ1) is 12.9. The molecular weight excluding hydrogens is 388 g/mol. The molecule has 0 radical (unpaired) electrons. The summed E-state index contributed by atoms with van der Waals surface area (Å²) in [5, 5.41) is 0.838. The van der Waals surface area contributed by atoms with Gasteiger partial charge in [0.25, 0.3) is 10.0 Å². The summed E-state index contributed by atoms with van der Waals surface area (Å²) in [7, 11) is -1.91. The molecule has 0 fully saturated rings. The van der Waals surface area contributed by atoms with Crippen molar-refractivity contribution in [2.45, 2.75) is 14.9 Å². The van der Waals surface area contributed by atoms with Crippen molar-refractivity contribution in [3.05, 3.63) is 65.4 Å². The van der Waals surface area contributed by atoms with E-state index in [-0.39, 0.29) is 10.5 Å². The van der Waals surface area contributed by atoms with Crippen LogP contribution in [0.3, 0.4) is 0 Å². The van der Waals surface area contributed by atoms with E-state index in [1.54, 1.807) is 18.3 Å². The lowest BCUT2D eigenvalue weighted by Crippen LogP contribution is -2.12. The molecule has 2 heterocycles. The molecule has 138 valence electrons. The Bertz CT molecular complexity index is 1270. The second-order valence-corrected chi connectivity index (χ2v) is 8.45. The van der Waals surface area contributed by atoms with Crippen LogP contribution in [0.2, 0.25) is 0 Å². The van der Waals surface area contributed by atoms with Gasteiger partial charge in [0, 0.05) is 36.1 Å². The van der Waals surface area contributed by atoms with Gasteiger partial charge in [0.2, 0.25) is 0 Å². The number of rotatable bonds is 5. The molecule has 0 unspecified atom stereocenters. The van der Waals surface area contributed by atoms with Crippen molar-refractivity contribution in [1.29, 1.82) is 0 Å². The minimum absolute atomic E-state index is 0.00390. The first kappa shape index (κ1) is 17.4. The van der Waals surface area contributed by atoms with Crippen molar-refractivity contribution in [1.82, 2.24) is 14.5 Å². The van der Waals surface area contributed by atoms with E-state index in [1.165, 1.54) is 30.0 Å². The number of H-pyrrole nitrogens is 1. The van der Waals surface area contributed by atoms with Crippen LogP contribution in [-0.2, 0) is 17.1 Å². The quantitative estimate of drug-likeness (QED) is 0.531. The molecule has 4 aromatic rings. The molecule has 0 aliphatic heterocycles. The number of fused-ring (bicyclic) bond motifs is 1. The second kappa shape index (κ2) is 6.63. The lowest BCUT2D eigenvalue weighted by atomic mass is 10.3. The van der Waals surface area contributed by atoms with Crippen molar-refractivity contribution in [2.24, 2.45) is 7.05 Å². The lowest BCUT2D eigenvalue weighted by molar-refractivity contribution is 0.554. The Morgan fingerprint density at radius 1 is 1.19 bits per heavy atom. The zero-order chi connectivity index (χ0) is 19.0. The van der Waals surface area contributed by atoms with Gasteiger partial charge in [-0.1, -0.05) is 11.8 Å². The summed E-state index contributed by atoms with van der Waals surface area (Å²) in [6.07, 6.45) is 3.57. The van der Waals surface area contributed by atoms with Gasteiger partial charge in [0.15, 0.2) is 10.7 Å². The number of aromatic nitrogens is 3. The number of oxazole rings is 1. The fourth-order valence-corrected chi connectivity index (χ4v) is 4.33. The Hall–Kier alpha value is -2.98. The van der Waals surface area contributed by atoms with E-state index in [1.807, 2.05) is 29.9 Å². The van der Waals surface area contributed by atoms with Gasteiger partial charge in [0.05, 0.1) is 10.4 Å². The number of nitrogens with one attached hydrogen (secondary N) is 2. The van der Waals surface area contributed by atoms with Gasteiger partial charge in [-0.3, -0.25) is 9.71 Å². The Kier molecular flexibility index (Phi) is 4.28. The van der Waals surface area contributed by atoms with Crippen molar-refractivity contribution >= 4 is 38.6 Å². The van der Waals surface area contributed by atoms with E-state index in [9.17, 15) is 13.2 Å². The predicted octanol–water partition coefficient (Wildman–Crippen LogP) is 2.81. The maximum Gasteiger partial charge on any atom is 0.417 e. The fourth-order valence-electron chi connectivity index (χ4n) is 2.45. The largest absolute Gasteiger partial charge is 0.417 e. The van der Waals surface area contributed by atoms with Crippen LogP contribution in [-0.4, -0.2) is 23.0 Å². The molecule has 0 spiro atoms. The summed E-state index contributed by atoms with van der Waals surface area (Å²) in [6.45, 7) is 0. The molecule has 2 aromatic heterocycles. The van der Waals surface area contributed by atoms with Crippen molar-refractivity contribution in [3.63, 3.8) is 0 Å². The van der Waals surface area contributed by atoms with Crippen LogP contribution >= 0.6 is 11.8 Å². The van der Waals surface area contributed by atoms with Crippen LogP contribution < -0.4 is 10.5 Å². The minimum Gasteiger partial charge on any atom is -0.408 e. The van der Waals surface area contributed by atoms with Crippen LogP contribution in [0.25, 0.3) is 11.1 Å². The summed E-state index contributed by atoms with van der Waals surface area (Å²) in [5.74, 6) is -0.631. The third kappa shape index (κ3) is 3.62. The Morgan fingerprint density at radius 2 is 1.96 bits per heavy atom. The number of imidazole rings is 1. The summed E-state index contributed by atoms with van der Waals surface area (Å²) in [5.41, 5.74) is 1.05. The van der Waals surface area contributed by atoms with Gasteiger partial charge < -0.3 is 8.98 Å². The highest BCUT2D eigenvalue weighted by molar-refractivity contribution is 7.99. The second-order valence-electron chi connectivity index (χ2n) is 5.73. The van der Waals surface area contributed by atoms with E-state index in [0.29, 0.717) is 11.2 Å². The van der Waals surface area contributed by atoms with Gasteiger partial charge in [-0.05, 0) is 36.4 Å². The third-order valence-corrected chi connectivity index (χ3v) is 6.26. The molecule has 0 aliphatic carbocycles. The molecule has 4 rings (SSSR count). The number of hydrogen-bond donors (Lipinski definition) is 2. The molecular formula is C17H14N4O4S2. The maximum absolute atomic E-state index is 12.6. The number of benzene rings is 2. The van der Waals surface area contributed by atoms with Gasteiger partial charge in [-0.25, -0.2) is 18.2 Å². The predicted molar refractivity (Wildman–Crippen MR) is 101 cm³/mol. The maximum atomic E-state index is 12.6. The summed E-state index contributed by atoms with van der Waals surface area (Å²) < 4.78 is 34.5. The van der Waals surface area contributed by atoms with Crippen molar-refractivity contribution in [3.8, 4) is 0 Å². The number of nitrogens with zero attached hydrogens (tertiary/aromatic N) is 2. The number of hydrogen-bond acceptors (Lipinski definition) is 6. The number of anilines is 1. The molecule has 0 saturated carbocycles. The third-order valence-electron chi connectivity index (χ3n) is 3.80. The Labute approximate surface area is 158 Å². The van der Waals surface area contributed by atoms with Crippen LogP contribution in [0, 0.1) is 0 Å². The van der Waals surface area contributed by atoms with Gasteiger partial charge in [-0.2, -0.15) is 0 Å². The molecule has 0 bridgehead atoms. The number of sulfonamides is 1. The SMILES string of the molecule is Cn1ccnc1Sc1ccc(NS(=O)(=O)c2ccc3[nH]c(=O)oc3c2)cc1. The molecule has 0 saturated heterocycles. The summed E-state index contributed by atoms with van der Waals surface area (Å²) in [6, 6.07) is 11.2. The number of aryl methyl sites for hydroxylation is 1. The molecule has 8 nitrogen and oxygen atoms in total. The monoisotopic (exact) mass is 402 g/mol. The molecule has 0 amide bonds. The van der Waals surface area contributed by atoms with Crippen LogP contribution in [0.5, 0.6) is 0 Å². The molecule has 27 heavy (non-hydrogen) atoms. The average Bonchev–Trinajstić information content (AvgIpc) is 3.20. The number of aromatic amines is 1. The topological polar surface area (TPSA) is 110 Å². The smallest absolute Gasteiger partial charge is 0.408 e. The van der Waals surface area contributed by atoms with Gasteiger partial charge in [0.1, 0.15) is 0 Å².